The van der Waals surface area contributed by atoms with E-state index in [1.807, 2.05) is 34.6 Å². The normalized spacial score (nSPS) is 18.8. The Labute approximate surface area is 251 Å². The minimum absolute atomic E-state index is 0.177. The zero-order chi connectivity index (χ0) is 31.4. The first-order chi connectivity index (χ1) is 20.0. The smallest absolute Gasteiger partial charge is 0.338 e. The fraction of sp³-hybridized carbons (Fsp3) is 0.333. The van der Waals surface area contributed by atoms with Gasteiger partial charge in [-0.3, -0.25) is 4.79 Å². The van der Waals surface area contributed by atoms with E-state index in [-0.39, 0.29) is 6.61 Å². The van der Waals surface area contributed by atoms with Crippen LogP contribution in [0, 0.1) is 26.7 Å². The van der Waals surface area contributed by atoms with Crippen LogP contribution in [0.4, 0.5) is 0 Å². The molecule has 1 saturated heterocycles. The Morgan fingerprint density at radius 1 is 0.738 bits per heavy atom. The van der Waals surface area contributed by atoms with Crippen LogP contribution >= 0.6 is 11.6 Å². The highest BCUT2D eigenvalue weighted by Gasteiger charge is 2.47. The Hall–Kier alpha value is -4.01. The summed E-state index contributed by atoms with van der Waals surface area (Å²) in [6.07, 6.45) is -2.56. The zero-order valence-electron chi connectivity index (χ0n) is 24.6. The summed E-state index contributed by atoms with van der Waals surface area (Å²) in [5, 5.41) is 7.79. The lowest BCUT2D eigenvalue weighted by Gasteiger charge is -2.21. The van der Waals surface area contributed by atoms with Crippen LogP contribution in [-0.4, -0.2) is 53.2 Å². The van der Waals surface area contributed by atoms with Crippen molar-refractivity contribution in [2.75, 3.05) is 6.61 Å². The summed E-state index contributed by atoms with van der Waals surface area (Å²) < 4.78 is 16.7. The predicted molar refractivity (Wildman–Crippen MR) is 160 cm³/mol. The molecule has 8 nitrogen and oxygen atoms in total. The molecule has 4 atom stereocenters. The third-order valence-electron chi connectivity index (χ3n) is 6.40. The molecule has 3 aromatic rings. The molecule has 1 heterocycles. The van der Waals surface area contributed by atoms with Crippen molar-refractivity contribution in [2.45, 2.75) is 59.9 Å². The third kappa shape index (κ3) is 9.82. The number of aryl methyl sites for hydroxylation is 3. The molecule has 0 saturated carbocycles. The molecule has 0 aliphatic carbocycles. The largest absolute Gasteiger partial charge is 0.478 e. The lowest BCUT2D eigenvalue weighted by atomic mass is 9.98. The molecule has 0 bridgehead atoms. The quantitative estimate of drug-likeness (QED) is 0.240. The van der Waals surface area contributed by atoms with Crippen LogP contribution in [0.1, 0.15) is 68.5 Å². The van der Waals surface area contributed by atoms with Crippen LogP contribution in [0.2, 0.25) is 0 Å². The summed E-state index contributed by atoms with van der Waals surface area (Å²) in [5.41, 5.74) is 4.22. The first-order valence-electron chi connectivity index (χ1n) is 13.6. The summed E-state index contributed by atoms with van der Waals surface area (Å²) >= 11 is 5.64. The highest BCUT2D eigenvalue weighted by molar-refractivity contribution is 6.64. The van der Waals surface area contributed by atoms with Gasteiger partial charge < -0.3 is 19.3 Å². The molecule has 1 N–H and O–H groups in total. The number of carbonyl (C=O) groups excluding carboxylic acids is 3. The van der Waals surface area contributed by atoms with Gasteiger partial charge in [-0.15, -0.1) is 0 Å². The van der Waals surface area contributed by atoms with Crippen molar-refractivity contribution in [2.24, 2.45) is 5.92 Å². The maximum atomic E-state index is 12.6. The first-order valence-corrected chi connectivity index (χ1v) is 14.0. The second kappa shape index (κ2) is 16.4. The first kappa shape index (κ1) is 34.2. The molecule has 42 heavy (non-hydrogen) atoms. The molecule has 2 unspecified atom stereocenters. The Morgan fingerprint density at radius 3 is 1.55 bits per heavy atom. The molecule has 0 radical (unpaired) electrons. The average molecular weight is 597 g/mol. The maximum absolute atomic E-state index is 12.6. The van der Waals surface area contributed by atoms with E-state index in [1.165, 1.54) is 0 Å². The number of ether oxygens (including phenoxy) is 3. The van der Waals surface area contributed by atoms with Crippen LogP contribution < -0.4 is 0 Å². The predicted octanol–water partition coefficient (Wildman–Crippen LogP) is 6.57. The van der Waals surface area contributed by atoms with Gasteiger partial charge in [-0.2, -0.15) is 0 Å². The fourth-order valence-electron chi connectivity index (χ4n) is 3.99. The van der Waals surface area contributed by atoms with Gasteiger partial charge in [-0.25, -0.2) is 14.4 Å². The Kier molecular flexibility index (Phi) is 13.4. The number of carboxylic acid groups (broad SMARTS) is 1. The van der Waals surface area contributed by atoms with Crippen molar-refractivity contribution < 1.29 is 38.5 Å². The standard InChI is InChI=1S/C23H23ClO6.C8H8O2.C2H6/c1-13-4-8-16(9-5-13)22(26)28-12-18-19(15(3)20(29-18)21(24)25)30-23(27)17-10-6-14(2)7-11-17;1-6-2-4-7(5-3-6)8(9)10;1-2/h4-11,15,18-20H,12H2,1-3H3;2-5H,1H3,(H,9,10);1-2H3/t15?,18-,19?,20-;;/m1../s1. The number of aromatic carboxylic acids is 1. The zero-order valence-corrected chi connectivity index (χ0v) is 25.4. The minimum atomic E-state index is -0.953. The summed E-state index contributed by atoms with van der Waals surface area (Å²) in [5.74, 6) is -2.45. The molecular formula is C33H37ClO8. The van der Waals surface area contributed by atoms with E-state index >= 15 is 0 Å². The number of hydrogen-bond acceptors (Lipinski definition) is 7. The van der Waals surface area contributed by atoms with Crippen molar-refractivity contribution in [3.05, 3.63) is 106 Å². The van der Waals surface area contributed by atoms with E-state index in [0.29, 0.717) is 16.7 Å². The molecule has 9 heteroatoms. The van der Waals surface area contributed by atoms with Crippen molar-refractivity contribution in [3.8, 4) is 0 Å². The van der Waals surface area contributed by atoms with Gasteiger partial charge in [0.05, 0.1) is 16.7 Å². The SMILES string of the molecule is CC.Cc1ccc(C(=O)O)cc1.Cc1ccc(C(=O)OC[C@H]2O[C@@H](C(=O)Cl)C(C)C2OC(=O)c2ccc(C)cc2)cc1. The molecule has 0 amide bonds. The molecule has 0 aromatic heterocycles. The van der Waals surface area contributed by atoms with Crippen molar-refractivity contribution in [1.82, 2.24) is 0 Å². The van der Waals surface area contributed by atoms with Gasteiger partial charge in [0.1, 0.15) is 24.9 Å². The van der Waals surface area contributed by atoms with Crippen molar-refractivity contribution in [3.63, 3.8) is 0 Å². The van der Waals surface area contributed by atoms with E-state index in [0.717, 1.165) is 16.7 Å². The Morgan fingerprint density at radius 2 is 1.14 bits per heavy atom. The molecule has 1 aliphatic rings. The Bertz CT molecular complexity index is 1330. The number of benzene rings is 3. The highest BCUT2D eigenvalue weighted by atomic mass is 35.5. The minimum Gasteiger partial charge on any atom is -0.478 e. The average Bonchev–Trinajstić information content (AvgIpc) is 3.29. The molecular weight excluding hydrogens is 560 g/mol. The van der Waals surface area contributed by atoms with Crippen LogP contribution in [0.25, 0.3) is 0 Å². The van der Waals surface area contributed by atoms with E-state index in [9.17, 15) is 19.2 Å². The van der Waals surface area contributed by atoms with E-state index < -0.39 is 47.4 Å². The van der Waals surface area contributed by atoms with Crippen LogP contribution in [-0.2, 0) is 19.0 Å². The molecule has 0 spiro atoms. The van der Waals surface area contributed by atoms with Gasteiger partial charge in [0, 0.05) is 5.92 Å². The van der Waals surface area contributed by atoms with Gasteiger partial charge in [-0.05, 0) is 68.8 Å². The molecule has 4 rings (SSSR count). The maximum Gasteiger partial charge on any atom is 0.338 e. The van der Waals surface area contributed by atoms with E-state index in [1.54, 1.807) is 79.7 Å². The molecule has 1 aliphatic heterocycles. The fourth-order valence-corrected chi connectivity index (χ4v) is 4.24. The van der Waals surface area contributed by atoms with Gasteiger partial charge in [0.2, 0.25) is 0 Å². The second-order valence-corrected chi connectivity index (χ2v) is 10.0. The van der Waals surface area contributed by atoms with Crippen LogP contribution in [0.5, 0.6) is 0 Å². The number of hydrogen-bond donors (Lipinski definition) is 1. The van der Waals surface area contributed by atoms with E-state index in [4.69, 9.17) is 30.9 Å². The van der Waals surface area contributed by atoms with Gasteiger partial charge in [0.15, 0.2) is 0 Å². The lowest BCUT2D eigenvalue weighted by molar-refractivity contribution is -0.124. The third-order valence-corrected chi connectivity index (χ3v) is 6.62. The topological polar surface area (TPSA) is 116 Å². The molecule has 3 aromatic carbocycles. The number of halogens is 1. The van der Waals surface area contributed by atoms with Crippen LogP contribution in [0.15, 0.2) is 72.8 Å². The number of carboxylic acids is 1. The van der Waals surface area contributed by atoms with Gasteiger partial charge in [-0.1, -0.05) is 73.9 Å². The lowest BCUT2D eigenvalue weighted by Crippen LogP contribution is -2.35. The summed E-state index contributed by atoms with van der Waals surface area (Å²) in [4.78, 5) is 46.9. The second-order valence-electron chi connectivity index (χ2n) is 9.63. The Balaban J connectivity index is 0.000000431. The summed E-state index contributed by atoms with van der Waals surface area (Å²) in [7, 11) is 0. The molecule has 224 valence electrons. The molecule has 1 fully saturated rings. The van der Waals surface area contributed by atoms with Gasteiger partial charge in [0.25, 0.3) is 5.24 Å². The number of esters is 2. The summed E-state index contributed by atoms with van der Waals surface area (Å²) in [6, 6.07) is 20.6. The highest BCUT2D eigenvalue weighted by Crippen LogP contribution is 2.32. The van der Waals surface area contributed by atoms with Crippen LogP contribution in [0.3, 0.4) is 0 Å². The van der Waals surface area contributed by atoms with Crippen molar-refractivity contribution >= 4 is 34.8 Å². The van der Waals surface area contributed by atoms with Crippen molar-refractivity contribution in [1.29, 1.82) is 0 Å². The van der Waals surface area contributed by atoms with Gasteiger partial charge >= 0.3 is 17.9 Å². The monoisotopic (exact) mass is 596 g/mol. The number of carbonyl (C=O) groups is 4. The van der Waals surface area contributed by atoms with E-state index in [2.05, 4.69) is 0 Å². The number of rotatable bonds is 7. The summed E-state index contributed by atoms with van der Waals surface area (Å²) in [6.45, 7) is 11.3.